The number of H-pyrrole nitrogens is 1. The molecule has 1 saturated heterocycles. The quantitative estimate of drug-likeness (QED) is 0.318. The molecule has 0 atom stereocenters. The predicted molar refractivity (Wildman–Crippen MR) is 144 cm³/mol. The van der Waals surface area contributed by atoms with Crippen LogP contribution in [0.1, 0.15) is 12.5 Å². The standard InChI is InChI=1S/C27H29ClFN7O/c1-2-35-9-11-36(12-10-35)16-25(37)30-15-18-3-5-19(6-4-18)24-14-21-26(31-17-32-27(21)34-24)33-20-7-8-23(29)22(28)13-20/h3-8,13-14,17H,2,9-12,15-16H2,1H3,(H,30,37)(H2,31,32,33,34). The number of nitrogens with one attached hydrogen (secondary N) is 3. The Kier molecular flexibility index (Phi) is 7.64. The Morgan fingerprint density at radius 2 is 1.81 bits per heavy atom. The van der Waals surface area contributed by atoms with Crippen LogP contribution in [-0.2, 0) is 11.3 Å². The Bertz CT molecular complexity index is 1380. The van der Waals surface area contributed by atoms with Crippen LogP contribution >= 0.6 is 11.6 Å². The summed E-state index contributed by atoms with van der Waals surface area (Å²) < 4.78 is 13.5. The molecule has 3 heterocycles. The van der Waals surface area contributed by atoms with Crippen molar-refractivity contribution < 1.29 is 9.18 Å². The second-order valence-corrected chi connectivity index (χ2v) is 9.51. The van der Waals surface area contributed by atoms with Crippen LogP contribution < -0.4 is 10.6 Å². The van der Waals surface area contributed by atoms with Gasteiger partial charge in [0.1, 0.15) is 23.6 Å². The second-order valence-electron chi connectivity index (χ2n) is 9.11. The van der Waals surface area contributed by atoms with E-state index in [4.69, 9.17) is 11.6 Å². The van der Waals surface area contributed by atoms with Crippen molar-refractivity contribution in [1.82, 2.24) is 30.1 Å². The van der Waals surface area contributed by atoms with Gasteiger partial charge in [-0.25, -0.2) is 14.4 Å². The Morgan fingerprint density at radius 3 is 2.54 bits per heavy atom. The van der Waals surface area contributed by atoms with Gasteiger partial charge in [-0.05, 0) is 41.9 Å². The molecule has 1 aliphatic rings. The number of piperazine rings is 1. The molecular formula is C27H29ClFN7O. The van der Waals surface area contributed by atoms with Crippen LogP contribution in [0.3, 0.4) is 0 Å². The van der Waals surface area contributed by atoms with Gasteiger partial charge >= 0.3 is 0 Å². The van der Waals surface area contributed by atoms with Crippen LogP contribution in [-0.4, -0.2) is 69.9 Å². The summed E-state index contributed by atoms with van der Waals surface area (Å²) in [5, 5.41) is 7.05. The fourth-order valence-electron chi connectivity index (χ4n) is 4.43. The second kappa shape index (κ2) is 11.2. The average molecular weight is 522 g/mol. The first-order chi connectivity index (χ1) is 18.0. The number of anilines is 2. The third-order valence-electron chi connectivity index (χ3n) is 6.64. The molecule has 192 valence electrons. The van der Waals surface area contributed by atoms with Crippen LogP contribution in [0, 0.1) is 5.82 Å². The van der Waals surface area contributed by atoms with E-state index in [0.29, 0.717) is 30.2 Å². The van der Waals surface area contributed by atoms with Crippen LogP contribution in [0.15, 0.2) is 54.9 Å². The van der Waals surface area contributed by atoms with Gasteiger partial charge < -0.3 is 20.5 Å². The van der Waals surface area contributed by atoms with Crippen molar-refractivity contribution in [2.45, 2.75) is 13.5 Å². The molecule has 0 radical (unpaired) electrons. The SMILES string of the molecule is CCN1CCN(CC(=O)NCc2ccc(-c3cc4c(Nc5ccc(F)c(Cl)c5)ncnc4[nH]3)cc2)CC1. The van der Waals surface area contributed by atoms with Crippen molar-refractivity contribution in [3.8, 4) is 11.3 Å². The van der Waals surface area contributed by atoms with Gasteiger partial charge in [-0.3, -0.25) is 9.69 Å². The van der Waals surface area contributed by atoms with Crippen molar-refractivity contribution in [2.75, 3.05) is 44.6 Å². The van der Waals surface area contributed by atoms with Crippen LogP contribution in [0.5, 0.6) is 0 Å². The molecule has 2 aromatic carbocycles. The zero-order valence-corrected chi connectivity index (χ0v) is 21.4. The van der Waals surface area contributed by atoms with Crippen LogP contribution in [0.25, 0.3) is 22.3 Å². The lowest BCUT2D eigenvalue weighted by molar-refractivity contribution is -0.122. The molecule has 37 heavy (non-hydrogen) atoms. The van der Waals surface area contributed by atoms with Crippen molar-refractivity contribution in [3.05, 3.63) is 71.3 Å². The van der Waals surface area contributed by atoms with Gasteiger partial charge in [-0.2, -0.15) is 0 Å². The summed E-state index contributed by atoms with van der Waals surface area (Å²) in [6, 6.07) is 14.4. The lowest BCUT2D eigenvalue weighted by Crippen LogP contribution is -2.49. The number of amides is 1. The van der Waals surface area contributed by atoms with E-state index in [1.807, 2.05) is 30.3 Å². The number of carbonyl (C=O) groups excluding carboxylic acids is 1. The predicted octanol–water partition coefficient (Wildman–Crippen LogP) is 4.41. The number of aromatic nitrogens is 3. The first kappa shape index (κ1) is 25.1. The molecule has 5 rings (SSSR count). The number of fused-ring (bicyclic) bond motifs is 1. The highest BCUT2D eigenvalue weighted by Gasteiger charge is 2.17. The molecule has 8 nitrogen and oxygen atoms in total. The highest BCUT2D eigenvalue weighted by molar-refractivity contribution is 6.31. The summed E-state index contributed by atoms with van der Waals surface area (Å²) in [5.41, 5.74) is 4.20. The summed E-state index contributed by atoms with van der Waals surface area (Å²) >= 11 is 5.91. The maximum absolute atomic E-state index is 13.5. The number of carbonyl (C=O) groups is 1. The Hall–Kier alpha value is -3.53. The number of hydrogen-bond acceptors (Lipinski definition) is 6. The molecular weight excluding hydrogens is 493 g/mol. The average Bonchev–Trinajstić information content (AvgIpc) is 3.36. The minimum absolute atomic E-state index is 0.0381. The first-order valence-corrected chi connectivity index (χ1v) is 12.7. The van der Waals surface area contributed by atoms with Gasteiger partial charge in [0.2, 0.25) is 5.91 Å². The molecule has 3 N–H and O–H groups in total. The number of benzene rings is 2. The maximum Gasteiger partial charge on any atom is 0.234 e. The van der Waals surface area contributed by atoms with Gasteiger partial charge in [0.05, 0.1) is 17.0 Å². The van der Waals surface area contributed by atoms with E-state index < -0.39 is 5.82 Å². The minimum Gasteiger partial charge on any atom is -0.351 e. The topological polar surface area (TPSA) is 89.2 Å². The Labute approximate surface area is 219 Å². The van der Waals surface area contributed by atoms with Gasteiger partial charge in [0.25, 0.3) is 0 Å². The summed E-state index contributed by atoms with van der Waals surface area (Å²) in [6.45, 7) is 8.05. The molecule has 10 heteroatoms. The molecule has 0 unspecified atom stereocenters. The van der Waals surface area contributed by atoms with Crippen molar-refractivity contribution in [1.29, 1.82) is 0 Å². The molecule has 1 amide bonds. The summed E-state index contributed by atoms with van der Waals surface area (Å²) in [5.74, 6) is 0.161. The molecule has 4 aromatic rings. The van der Waals surface area contributed by atoms with Gasteiger partial charge in [-0.15, -0.1) is 0 Å². The van der Waals surface area contributed by atoms with E-state index in [-0.39, 0.29) is 10.9 Å². The first-order valence-electron chi connectivity index (χ1n) is 12.3. The fourth-order valence-corrected chi connectivity index (χ4v) is 4.61. The lowest BCUT2D eigenvalue weighted by Gasteiger charge is -2.33. The molecule has 0 saturated carbocycles. The summed E-state index contributed by atoms with van der Waals surface area (Å²) in [6.07, 6.45) is 1.46. The van der Waals surface area contributed by atoms with E-state index in [1.165, 1.54) is 18.5 Å². The van der Waals surface area contributed by atoms with Crippen LogP contribution in [0.4, 0.5) is 15.9 Å². The third kappa shape index (κ3) is 6.07. The molecule has 0 spiro atoms. The van der Waals surface area contributed by atoms with E-state index in [2.05, 4.69) is 42.3 Å². The normalized spacial score (nSPS) is 14.7. The minimum atomic E-state index is -0.475. The summed E-state index contributed by atoms with van der Waals surface area (Å²) in [4.78, 5) is 29.0. The van der Waals surface area contributed by atoms with Crippen molar-refractivity contribution in [3.63, 3.8) is 0 Å². The number of aromatic amines is 1. The van der Waals surface area contributed by atoms with Crippen molar-refractivity contribution >= 4 is 40.0 Å². The van der Waals surface area contributed by atoms with Gasteiger partial charge in [-0.1, -0.05) is 42.8 Å². The van der Waals surface area contributed by atoms with Gasteiger partial charge in [0.15, 0.2) is 0 Å². The zero-order valence-electron chi connectivity index (χ0n) is 20.6. The van der Waals surface area contributed by atoms with E-state index in [0.717, 1.165) is 54.9 Å². The number of rotatable bonds is 8. The van der Waals surface area contributed by atoms with Crippen molar-refractivity contribution in [2.24, 2.45) is 0 Å². The highest BCUT2D eigenvalue weighted by atomic mass is 35.5. The molecule has 0 aliphatic carbocycles. The molecule has 1 fully saturated rings. The molecule has 0 bridgehead atoms. The number of hydrogen-bond donors (Lipinski definition) is 3. The maximum atomic E-state index is 13.5. The number of likely N-dealkylation sites (N-methyl/N-ethyl adjacent to an activating group) is 1. The Balaban J connectivity index is 1.21. The van der Waals surface area contributed by atoms with E-state index >= 15 is 0 Å². The molecule has 1 aliphatic heterocycles. The highest BCUT2D eigenvalue weighted by Crippen LogP contribution is 2.29. The fraction of sp³-hybridized carbons (Fsp3) is 0.296. The summed E-state index contributed by atoms with van der Waals surface area (Å²) in [7, 11) is 0. The van der Waals surface area contributed by atoms with Gasteiger partial charge in [0, 0.05) is 44.1 Å². The monoisotopic (exact) mass is 521 g/mol. The van der Waals surface area contributed by atoms with E-state index in [1.54, 1.807) is 6.07 Å². The zero-order chi connectivity index (χ0) is 25.8. The third-order valence-corrected chi connectivity index (χ3v) is 6.93. The lowest BCUT2D eigenvalue weighted by atomic mass is 10.1. The number of nitrogens with zero attached hydrogens (tertiary/aromatic N) is 4. The Morgan fingerprint density at radius 1 is 1.05 bits per heavy atom. The van der Waals surface area contributed by atoms with Crippen LogP contribution in [0.2, 0.25) is 5.02 Å². The molecule has 2 aromatic heterocycles. The largest absolute Gasteiger partial charge is 0.351 e. The number of halogens is 2. The van der Waals surface area contributed by atoms with E-state index in [9.17, 15) is 9.18 Å². The smallest absolute Gasteiger partial charge is 0.234 e.